The summed E-state index contributed by atoms with van der Waals surface area (Å²) >= 11 is 5.63. The number of hydrogen-bond donors (Lipinski definition) is 0. The summed E-state index contributed by atoms with van der Waals surface area (Å²) in [6, 6.07) is 0. The van der Waals surface area contributed by atoms with E-state index in [0.717, 1.165) is 31.0 Å². The van der Waals surface area contributed by atoms with Crippen molar-refractivity contribution in [1.29, 1.82) is 0 Å². The van der Waals surface area contributed by atoms with Crippen molar-refractivity contribution in [1.82, 2.24) is 9.97 Å². The molecule has 70 valence electrons. The van der Waals surface area contributed by atoms with Crippen LogP contribution < -0.4 is 0 Å². The number of halogens is 1. The van der Waals surface area contributed by atoms with Crippen LogP contribution in [0.5, 0.6) is 0 Å². The second-order valence-electron chi connectivity index (χ2n) is 3.14. The third-order valence-corrected chi connectivity index (χ3v) is 2.48. The van der Waals surface area contributed by atoms with Crippen LogP contribution in [-0.2, 0) is 10.6 Å². The Morgan fingerprint density at radius 1 is 1.46 bits per heavy atom. The molecule has 13 heavy (non-hydrogen) atoms. The molecule has 0 radical (unpaired) electrons. The quantitative estimate of drug-likeness (QED) is 0.679. The zero-order valence-electron chi connectivity index (χ0n) is 7.24. The Kier molecular flexibility index (Phi) is 2.76. The Morgan fingerprint density at radius 2 is 2.23 bits per heavy atom. The molecule has 1 atom stereocenters. The number of aromatic nitrogens is 2. The van der Waals surface area contributed by atoms with Crippen molar-refractivity contribution in [2.24, 2.45) is 0 Å². The van der Waals surface area contributed by atoms with Crippen LogP contribution in [0.2, 0.25) is 0 Å². The Balaban J connectivity index is 2.12. The van der Waals surface area contributed by atoms with Gasteiger partial charge in [-0.15, -0.1) is 11.6 Å². The van der Waals surface area contributed by atoms with Crippen molar-refractivity contribution in [2.75, 3.05) is 13.2 Å². The standard InChI is InChI=1S/C9H11ClN2O/c10-3-7-4-11-9(12-5-7)8-1-2-13-6-8/h4-5,8H,1-3,6H2. The molecule has 0 bridgehead atoms. The molecule has 1 unspecified atom stereocenters. The summed E-state index contributed by atoms with van der Waals surface area (Å²) < 4.78 is 5.26. The average Bonchev–Trinajstić information content (AvgIpc) is 2.71. The fourth-order valence-electron chi connectivity index (χ4n) is 1.38. The highest BCUT2D eigenvalue weighted by Gasteiger charge is 2.19. The van der Waals surface area contributed by atoms with E-state index in [1.807, 2.05) is 0 Å². The molecular formula is C9H11ClN2O. The summed E-state index contributed by atoms with van der Waals surface area (Å²) in [6.07, 6.45) is 4.60. The van der Waals surface area contributed by atoms with Gasteiger partial charge in [0.25, 0.3) is 0 Å². The first-order valence-electron chi connectivity index (χ1n) is 4.34. The van der Waals surface area contributed by atoms with Gasteiger partial charge in [-0.3, -0.25) is 0 Å². The number of rotatable bonds is 2. The molecule has 1 fully saturated rings. The molecule has 1 aromatic heterocycles. The van der Waals surface area contributed by atoms with Gasteiger partial charge < -0.3 is 4.74 Å². The highest BCUT2D eigenvalue weighted by molar-refractivity contribution is 6.17. The van der Waals surface area contributed by atoms with Gasteiger partial charge in [-0.05, 0) is 6.42 Å². The van der Waals surface area contributed by atoms with Crippen molar-refractivity contribution in [3.63, 3.8) is 0 Å². The second-order valence-corrected chi connectivity index (χ2v) is 3.41. The van der Waals surface area contributed by atoms with Crippen molar-refractivity contribution in [3.8, 4) is 0 Å². The molecule has 1 aromatic rings. The van der Waals surface area contributed by atoms with Crippen LogP contribution in [0.15, 0.2) is 12.4 Å². The summed E-state index contributed by atoms with van der Waals surface area (Å²) in [5.41, 5.74) is 0.962. The van der Waals surface area contributed by atoms with Crippen molar-refractivity contribution in [3.05, 3.63) is 23.8 Å². The van der Waals surface area contributed by atoms with E-state index in [4.69, 9.17) is 16.3 Å². The number of nitrogens with zero attached hydrogens (tertiary/aromatic N) is 2. The summed E-state index contributed by atoms with van der Waals surface area (Å²) in [4.78, 5) is 8.51. The first kappa shape index (κ1) is 8.91. The Labute approximate surface area is 82.1 Å². The van der Waals surface area contributed by atoms with Crippen LogP contribution in [0.1, 0.15) is 23.7 Å². The fraction of sp³-hybridized carbons (Fsp3) is 0.556. The van der Waals surface area contributed by atoms with Gasteiger partial charge in [0, 0.05) is 30.5 Å². The van der Waals surface area contributed by atoms with Crippen LogP contribution >= 0.6 is 11.6 Å². The maximum Gasteiger partial charge on any atom is 0.133 e. The van der Waals surface area contributed by atoms with E-state index in [1.54, 1.807) is 12.4 Å². The smallest absolute Gasteiger partial charge is 0.133 e. The monoisotopic (exact) mass is 198 g/mol. The van der Waals surface area contributed by atoms with E-state index in [2.05, 4.69) is 9.97 Å². The lowest BCUT2D eigenvalue weighted by Gasteiger charge is -2.04. The van der Waals surface area contributed by atoms with Gasteiger partial charge in [0.15, 0.2) is 0 Å². The van der Waals surface area contributed by atoms with Gasteiger partial charge in [0.1, 0.15) is 5.82 Å². The maximum atomic E-state index is 5.63. The highest BCUT2D eigenvalue weighted by atomic mass is 35.5. The summed E-state index contributed by atoms with van der Waals surface area (Å²) in [5.74, 6) is 1.73. The predicted molar refractivity (Wildman–Crippen MR) is 49.8 cm³/mol. The number of alkyl halides is 1. The molecule has 0 spiro atoms. The Morgan fingerprint density at radius 3 is 2.77 bits per heavy atom. The van der Waals surface area contributed by atoms with Gasteiger partial charge in [-0.25, -0.2) is 9.97 Å². The summed E-state index contributed by atoms with van der Waals surface area (Å²) in [6.45, 7) is 1.57. The lowest BCUT2D eigenvalue weighted by Crippen LogP contribution is -2.03. The molecule has 2 heterocycles. The SMILES string of the molecule is ClCc1cnc(C2CCOC2)nc1. The molecule has 3 nitrogen and oxygen atoms in total. The van der Waals surface area contributed by atoms with Gasteiger partial charge in [0.05, 0.1) is 12.5 Å². The van der Waals surface area contributed by atoms with Crippen LogP contribution in [0.4, 0.5) is 0 Å². The molecular weight excluding hydrogens is 188 g/mol. The fourth-order valence-corrected chi connectivity index (χ4v) is 1.52. The van der Waals surface area contributed by atoms with E-state index in [-0.39, 0.29) is 0 Å². The molecule has 4 heteroatoms. The van der Waals surface area contributed by atoms with Crippen molar-refractivity contribution >= 4 is 11.6 Å². The van der Waals surface area contributed by atoms with E-state index in [0.29, 0.717) is 11.8 Å². The predicted octanol–water partition coefficient (Wildman–Crippen LogP) is 1.72. The van der Waals surface area contributed by atoms with Gasteiger partial charge in [0.2, 0.25) is 0 Å². The maximum absolute atomic E-state index is 5.63. The van der Waals surface area contributed by atoms with Gasteiger partial charge in [-0.2, -0.15) is 0 Å². The summed E-state index contributed by atoms with van der Waals surface area (Å²) in [5, 5.41) is 0. The summed E-state index contributed by atoms with van der Waals surface area (Å²) in [7, 11) is 0. The van der Waals surface area contributed by atoms with Crippen LogP contribution in [0.25, 0.3) is 0 Å². The first-order chi connectivity index (χ1) is 6.40. The number of ether oxygens (including phenoxy) is 1. The third-order valence-electron chi connectivity index (χ3n) is 2.17. The highest BCUT2D eigenvalue weighted by Crippen LogP contribution is 2.21. The zero-order chi connectivity index (χ0) is 9.10. The van der Waals surface area contributed by atoms with Crippen LogP contribution in [0.3, 0.4) is 0 Å². The molecule has 0 aromatic carbocycles. The molecule has 1 aliphatic rings. The first-order valence-corrected chi connectivity index (χ1v) is 4.88. The molecule has 0 amide bonds. The van der Waals surface area contributed by atoms with Crippen molar-refractivity contribution in [2.45, 2.75) is 18.2 Å². The largest absolute Gasteiger partial charge is 0.381 e. The third kappa shape index (κ3) is 1.98. The molecule has 2 rings (SSSR count). The minimum absolute atomic E-state index is 0.379. The lowest BCUT2D eigenvalue weighted by molar-refractivity contribution is 0.193. The molecule has 0 saturated carbocycles. The van der Waals surface area contributed by atoms with E-state index >= 15 is 0 Å². The van der Waals surface area contributed by atoms with Crippen LogP contribution in [-0.4, -0.2) is 23.2 Å². The molecule has 1 saturated heterocycles. The minimum Gasteiger partial charge on any atom is -0.381 e. The van der Waals surface area contributed by atoms with Crippen molar-refractivity contribution < 1.29 is 4.74 Å². The van der Waals surface area contributed by atoms with E-state index < -0.39 is 0 Å². The Bertz CT molecular complexity index is 269. The Hall–Kier alpha value is -0.670. The second kappa shape index (κ2) is 4.03. The zero-order valence-corrected chi connectivity index (χ0v) is 8.00. The molecule has 0 aliphatic carbocycles. The topological polar surface area (TPSA) is 35.0 Å². The normalized spacial score (nSPS) is 22.1. The van der Waals surface area contributed by atoms with Gasteiger partial charge >= 0.3 is 0 Å². The lowest BCUT2D eigenvalue weighted by atomic mass is 10.1. The number of hydrogen-bond acceptors (Lipinski definition) is 3. The average molecular weight is 199 g/mol. The van der Waals surface area contributed by atoms with Gasteiger partial charge in [-0.1, -0.05) is 0 Å². The van der Waals surface area contributed by atoms with E-state index in [1.165, 1.54) is 0 Å². The van der Waals surface area contributed by atoms with Crippen LogP contribution in [0, 0.1) is 0 Å². The molecule has 0 N–H and O–H groups in total. The molecule has 1 aliphatic heterocycles. The van der Waals surface area contributed by atoms with E-state index in [9.17, 15) is 0 Å². The minimum atomic E-state index is 0.379.